The molecule has 0 saturated heterocycles. The Morgan fingerprint density at radius 3 is 2.44 bits per heavy atom. The first-order valence-corrected chi connectivity index (χ1v) is 6.05. The zero-order valence-corrected chi connectivity index (χ0v) is 10.8. The number of aryl methyl sites for hydroxylation is 3. The third-order valence-corrected chi connectivity index (χ3v) is 3.23. The molecule has 1 aromatic heterocycles. The Balaban J connectivity index is 2.49. The fraction of sp³-hybridized carbons (Fsp3) is 0.333. The van der Waals surface area contributed by atoms with Crippen LogP contribution in [0.5, 0.6) is 0 Å². The molecule has 2 nitrogen and oxygen atoms in total. The van der Waals surface area contributed by atoms with Crippen molar-refractivity contribution in [2.24, 2.45) is 0 Å². The lowest BCUT2D eigenvalue weighted by Crippen LogP contribution is -2.06. The third kappa shape index (κ3) is 2.18. The zero-order valence-electron chi connectivity index (χ0n) is 10.8. The number of aliphatic hydroxyl groups excluding tert-OH is 1. The second kappa shape index (κ2) is 4.94. The van der Waals surface area contributed by atoms with Gasteiger partial charge in [-0.25, -0.2) is 4.39 Å². The van der Waals surface area contributed by atoms with Gasteiger partial charge in [0.2, 0.25) is 0 Å². The monoisotopic (exact) mass is 248 g/mol. The molecule has 1 aromatic carbocycles. The Hall–Kier alpha value is -1.61. The van der Waals surface area contributed by atoms with Crippen LogP contribution in [0.2, 0.25) is 0 Å². The topological polar surface area (TPSA) is 33.4 Å². The highest BCUT2D eigenvalue weighted by Gasteiger charge is 2.20. The van der Waals surface area contributed by atoms with Crippen molar-refractivity contribution in [3.05, 3.63) is 58.3 Å². The minimum absolute atomic E-state index is 0.274. The zero-order chi connectivity index (χ0) is 13.3. The highest BCUT2D eigenvalue weighted by atomic mass is 19.1. The number of hydrogen-bond donors (Lipinski definition) is 1. The summed E-state index contributed by atoms with van der Waals surface area (Å²) in [5.74, 6) is 0.495. The molecular weight excluding hydrogens is 231 g/mol. The molecule has 2 rings (SSSR count). The average molecular weight is 248 g/mol. The van der Waals surface area contributed by atoms with E-state index in [1.165, 1.54) is 12.1 Å². The summed E-state index contributed by atoms with van der Waals surface area (Å²) in [5, 5.41) is 10.5. The second-order valence-corrected chi connectivity index (χ2v) is 4.51. The average Bonchev–Trinajstić information content (AvgIpc) is 2.75. The maximum Gasteiger partial charge on any atom is 0.123 e. The van der Waals surface area contributed by atoms with E-state index in [1.807, 2.05) is 6.92 Å². The van der Waals surface area contributed by atoms with Crippen molar-refractivity contribution in [2.45, 2.75) is 33.3 Å². The molecule has 18 heavy (non-hydrogen) atoms. The van der Waals surface area contributed by atoms with Crippen molar-refractivity contribution >= 4 is 0 Å². The number of rotatable bonds is 3. The third-order valence-electron chi connectivity index (χ3n) is 3.23. The summed E-state index contributed by atoms with van der Waals surface area (Å²) in [6.07, 6.45) is 1.53. The SMILES string of the molecule is CCc1occc1C(O)c1c(C)cc(F)cc1C. The molecule has 1 N–H and O–H groups in total. The molecule has 0 saturated carbocycles. The summed E-state index contributed by atoms with van der Waals surface area (Å²) < 4.78 is 18.6. The van der Waals surface area contributed by atoms with Crippen LogP contribution in [0.1, 0.15) is 41.0 Å². The van der Waals surface area contributed by atoms with Crippen LogP contribution in [-0.4, -0.2) is 5.11 Å². The van der Waals surface area contributed by atoms with Crippen molar-refractivity contribution in [2.75, 3.05) is 0 Å². The number of halogens is 1. The Bertz CT molecular complexity index is 534. The van der Waals surface area contributed by atoms with Gasteiger partial charge < -0.3 is 9.52 Å². The van der Waals surface area contributed by atoms with Crippen LogP contribution < -0.4 is 0 Å². The van der Waals surface area contributed by atoms with Crippen LogP contribution in [0.3, 0.4) is 0 Å². The Morgan fingerprint density at radius 1 is 1.28 bits per heavy atom. The summed E-state index contributed by atoms with van der Waals surface area (Å²) in [4.78, 5) is 0. The fourth-order valence-electron chi connectivity index (χ4n) is 2.39. The molecule has 0 aliphatic heterocycles. The van der Waals surface area contributed by atoms with Gasteiger partial charge in [-0.1, -0.05) is 6.92 Å². The minimum Gasteiger partial charge on any atom is -0.469 e. The molecule has 96 valence electrons. The maximum atomic E-state index is 13.3. The van der Waals surface area contributed by atoms with Crippen LogP contribution in [0, 0.1) is 19.7 Å². The first-order valence-electron chi connectivity index (χ1n) is 6.05. The lowest BCUT2D eigenvalue weighted by atomic mass is 9.93. The van der Waals surface area contributed by atoms with Gasteiger partial charge in [0.25, 0.3) is 0 Å². The predicted molar refractivity (Wildman–Crippen MR) is 68.0 cm³/mol. The first kappa shape index (κ1) is 12.8. The molecule has 1 unspecified atom stereocenters. The van der Waals surface area contributed by atoms with Gasteiger partial charge in [-0.15, -0.1) is 0 Å². The van der Waals surface area contributed by atoms with E-state index in [1.54, 1.807) is 26.2 Å². The predicted octanol–water partition coefficient (Wildman–Crippen LogP) is 3.68. The molecule has 0 fully saturated rings. The van der Waals surface area contributed by atoms with E-state index in [0.29, 0.717) is 0 Å². The molecule has 2 aromatic rings. The van der Waals surface area contributed by atoms with Gasteiger partial charge in [-0.3, -0.25) is 0 Å². The van der Waals surface area contributed by atoms with Crippen LogP contribution in [0.15, 0.2) is 28.9 Å². The van der Waals surface area contributed by atoms with E-state index >= 15 is 0 Å². The Labute approximate surface area is 106 Å². The van der Waals surface area contributed by atoms with Gasteiger partial charge in [0.15, 0.2) is 0 Å². The number of benzene rings is 1. The summed E-state index contributed by atoms with van der Waals surface area (Å²) in [6, 6.07) is 4.65. The van der Waals surface area contributed by atoms with Gasteiger partial charge in [0.1, 0.15) is 17.7 Å². The van der Waals surface area contributed by atoms with E-state index in [2.05, 4.69) is 0 Å². The lowest BCUT2D eigenvalue weighted by molar-refractivity contribution is 0.215. The molecule has 0 aliphatic rings. The summed E-state index contributed by atoms with van der Waals surface area (Å²) in [7, 11) is 0. The second-order valence-electron chi connectivity index (χ2n) is 4.51. The highest BCUT2D eigenvalue weighted by Crippen LogP contribution is 2.31. The Morgan fingerprint density at radius 2 is 1.89 bits per heavy atom. The van der Waals surface area contributed by atoms with Crippen molar-refractivity contribution in [3.63, 3.8) is 0 Å². The van der Waals surface area contributed by atoms with Crippen LogP contribution in [0.25, 0.3) is 0 Å². The number of furan rings is 1. The molecular formula is C15H17FO2. The fourth-order valence-corrected chi connectivity index (χ4v) is 2.39. The number of hydrogen-bond acceptors (Lipinski definition) is 2. The largest absolute Gasteiger partial charge is 0.469 e. The summed E-state index contributed by atoms with van der Waals surface area (Å²) >= 11 is 0. The summed E-state index contributed by atoms with van der Waals surface area (Å²) in [6.45, 7) is 5.58. The smallest absolute Gasteiger partial charge is 0.123 e. The molecule has 1 atom stereocenters. The molecule has 0 radical (unpaired) electrons. The van der Waals surface area contributed by atoms with Crippen LogP contribution in [-0.2, 0) is 6.42 Å². The van der Waals surface area contributed by atoms with E-state index in [4.69, 9.17) is 4.42 Å². The standard InChI is InChI=1S/C15H17FO2/c1-4-13-12(5-6-18-13)15(17)14-9(2)7-11(16)8-10(14)3/h5-8,15,17H,4H2,1-3H3. The van der Waals surface area contributed by atoms with E-state index in [9.17, 15) is 9.50 Å². The van der Waals surface area contributed by atoms with Gasteiger partial charge >= 0.3 is 0 Å². The van der Waals surface area contributed by atoms with Crippen molar-refractivity contribution in [3.8, 4) is 0 Å². The highest BCUT2D eigenvalue weighted by molar-refractivity contribution is 5.41. The molecule has 0 bridgehead atoms. The Kier molecular flexibility index (Phi) is 3.53. The molecule has 0 amide bonds. The van der Waals surface area contributed by atoms with Crippen LogP contribution in [0.4, 0.5) is 4.39 Å². The van der Waals surface area contributed by atoms with E-state index < -0.39 is 6.10 Å². The van der Waals surface area contributed by atoms with Gasteiger partial charge in [-0.2, -0.15) is 0 Å². The lowest BCUT2D eigenvalue weighted by Gasteiger charge is -2.16. The van der Waals surface area contributed by atoms with Crippen LogP contribution >= 0.6 is 0 Å². The number of aliphatic hydroxyl groups is 1. The normalized spacial score (nSPS) is 12.7. The van der Waals surface area contributed by atoms with Gasteiger partial charge in [-0.05, 0) is 48.7 Å². The van der Waals surface area contributed by atoms with E-state index in [-0.39, 0.29) is 5.82 Å². The molecule has 0 spiro atoms. The first-order chi connectivity index (χ1) is 8.54. The quantitative estimate of drug-likeness (QED) is 0.898. The summed E-state index contributed by atoms with van der Waals surface area (Å²) in [5.41, 5.74) is 3.02. The van der Waals surface area contributed by atoms with E-state index in [0.717, 1.165) is 34.4 Å². The van der Waals surface area contributed by atoms with Crippen molar-refractivity contribution < 1.29 is 13.9 Å². The molecule has 1 heterocycles. The van der Waals surface area contributed by atoms with Gasteiger partial charge in [0, 0.05) is 12.0 Å². The molecule has 3 heteroatoms. The van der Waals surface area contributed by atoms with Crippen molar-refractivity contribution in [1.82, 2.24) is 0 Å². The minimum atomic E-state index is -0.765. The van der Waals surface area contributed by atoms with Gasteiger partial charge in [0.05, 0.1) is 6.26 Å². The maximum absolute atomic E-state index is 13.3. The van der Waals surface area contributed by atoms with Crippen molar-refractivity contribution in [1.29, 1.82) is 0 Å². The molecule has 0 aliphatic carbocycles.